The number of hydrogen-bond donors (Lipinski definition) is 0. The Morgan fingerprint density at radius 1 is 1.20 bits per heavy atom. The van der Waals surface area contributed by atoms with Crippen molar-refractivity contribution in [1.82, 2.24) is 0 Å². The van der Waals surface area contributed by atoms with E-state index < -0.39 is 0 Å². The lowest BCUT2D eigenvalue weighted by Gasteiger charge is -2.47. The Balaban J connectivity index is 1.99. The van der Waals surface area contributed by atoms with Gasteiger partial charge < -0.3 is 0 Å². The minimum atomic E-state index is 0.707. The first-order valence-electron chi connectivity index (χ1n) is 6.71. The maximum absolute atomic E-state index is 4.28. The zero-order valence-electron chi connectivity index (χ0n) is 10.4. The van der Waals surface area contributed by atoms with E-state index in [-0.39, 0.29) is 0 Å². The molecule has 0 aliphatic heterocycles. The first kappa shape index (κ1) is 9.93. The maximum Gasteiger partial charge on any atom is -0.0141 e. The Bertz CT molecular complexity index is 303. The minimum Gasteiger partial charge on any atom is -0.0998 e. The molecule has 0 N–H and O–H groups in total. The molecule has 0 radical (unpaired) electrons. The second kappa shape index (κ2) is 2.90. The van der Waals surface area contributed by atoms with Crippen LogP contribution >= 0.6 is 0 Å². The molecular weight excluding hydrogens is 180 g/mol. The summed E-state index contributed by atoms with van der Waals surface area (Å²) >= 11 is 0. The van der Waals surface area contributed by atoms with Crippen molar-refractivity contribution in [3.63, 3.8) is 0 Å². The van der Waals surface area contributed by atoms with Gasteiger partial charge in [-0.05, 0) is 61.2 Å². The van der Waals surface area contributed by atoms with E-state index in [9.17, 15) is 0 Å². The van der Waals surface area contributed by atoms with Crippen LogP contribution < -0.4 is 0 Å². The van der Waals surface area contributed by atoms with Crippen LogP contribution in [-0.2, 0) is 0 Å². The SMILES string of the molecule is C=C(C)[C@@H]1[C@@H]2[C@@H](CC[C@@H]2C)[C@]2(C)CC[C@H]12. The molecule has 0 spiro atoms. The van der Waals surface area contributed by atoms with Gasteiger partial charge in [0.25, 0.3) is 0 Å². The van der Waals surface area contributed by atoms with Crippen LogP contribution in [0.5, 0.6) is 0 Å². The summed E-state index contributed by atoms with van der Waals surface area (Å²) in [6.45, 7) is 11.6. The fraction of sp³-hybridized carbons (Fsp3) is 0.867. The summed E-state index contributed by atoms with van der Waals surface area (Å²) in [5.74, 6) is 4.84. The van der Waals surface area contributed by atoms with Crippen molar-refractivity contribution in [1.29, 1.82) is 0 Å². The molecule has 0 aromatic heterocycles. The van der Waals surface area contributed by atoms with Gasteiger partial charge in [0.2, 0.25) is 0 Å². The second-order valence-electron chi connectivity index (χ2n) is 6.76. The van der Waals surface area contributed by atoms with Crippen molar-refractivity contribution in [3.8, 4) is 0 Å². The number of fused-ring (bicyclic) bond motifs is 3. The zero-order valence-corrected chi connectivity index (χ0v) is 10.4. The van der Waals surface area contributed by atoms with Crippen molar-refractivity contribution >= 4 is 0 Å². The third-order valence-corrected chi connectivity index (χ3v) is 6.16. The quantitative estimate of drug-likeness (QED) is 0.559. The fourth-order valence-electron chi connectivity index (χ4n) is 5.35. The van der Waals surface area contributed by atoms with Crippen molar-refractivity contribution in [2.75, 3.05) is 0 Å². The lowest BCUT2D eigenvalue weighted by atomic mass is 9.57. The van der Waals surface area contributed by atoms with Crippen LogP contribution in [0.15, 0.2) is 12.2 Å². The van der Waals surface area contributed by atoms with E-state index >= 15 is 0 Å². The van der Waals surface area contributed by atoms with Gasteiger partial charge in [0.1, 0.15) is 0 Å². The molecule has 0 aromatic carbocycles. The summed E-state index contributed by atoms with van der Waals surface area (Å²) in [6, 6.07) is 0. The third kappa shape index (κ3) is 1.04. The minimum absolute atomic E-state index is 0.707. The van der Waals surface area contributed by atoms with Gasteiger partial charge in [-0.3, -0.25) is 0 Å². The van der Waals surface area contributed by atoms with Gasteiger partial charge in [-0.1, -0.05) is 32.4 Å². The Kier molecular flexibility index (Phi) is 1.92. The van der Waals surface area contributed by atoms with Gasteiger partial charge in [0.15, 0.2) is 0 Å². The number of rotatable bonds is 1. The molecule has 3 rings (SSSR count). The molecule has 0 saturated heterocycles. The predicted octanol–water partition coefficient (Wildman–Crippen LogP) is 4.27. The highest BCUT2D eigenvalue weighted by Crippen LogP contribution is 2.71. The van der Waals surface area contributed by atoms with E-state index in [1.54, 1.807) is 0 Å². The van der Waals surface area contributed by atoms with Gasteiger partial charge in [-0.15, -0.1) is 0 Å². The first-order valence-corrected chi connectivity index (χ1v) is 6.71. The lowest BCUT2D eigenvalue weighted by molar-refractivity contribution is 0.0272. The summed E-state index contributed by atoms with van der Waals surface area (Å²) in [6.07, 6.45) is 5.95. The maximum atomic E-state index is 4.28. The molecule has 3 saturated carbocycles. The van der Waals surface area contributed by atoms with Crippen LogP contribution in [0.3, 0.4) is 0 Å². The molecule has 3 aliphatic rings. The molecule has 0 heteroatoms. The Morgan fingerprint density at radius 3 is 2.47 bits per heavy atom. The Morgan fingerprint density at radius 2 is 1.93 bits per heavy atom. The van der Waals surface area contributed by atoms with E-state index in [0.717, 1.165) is 29.6 Å². The van der Waals surface area contributed by atoms with Gasteiger partial charge >= 0.3 is 0 Å². The monoisotopic (exact) mass is 204 g/mol. The Labute approximate surface area is 94.1 Å². The molecule has 6 atom stereocenters. The van der Waals surface area contributed by atoms with E-state index in [1.807, 2.05) is 0 Å². The Hall–Kier alpha value is -0.260. The van der Waals surface area contributed by atoms with Crippen molar-refractivity contribution in [2.24, 2.45) is 35.0 Å². The van der Waals surface area contributed by atoms with Gasteiger partial charge in [0, 0.05) is 0 Å². The largest absolute Gasteiger partial charge is 0.0998 e. The molecule has 0 heterocycles. The van der Waals surface area contributed by atoms with Crippen molar-refractivity contribution in [3.05, 3.63) is 12.2 Å². The third-order valence-electron chi connectivity index (χ3n) is 6.16. The van der Waals surface area contributed by atoms with Crippen LogP contribution in [0.25, 0.3) is 0 Å². The standard InChI is InChI=1S/C15H24/c1-9(2)13-12-7-8-15(12,4)11-6-5-10(3)14(11)13/h10-14H,1,5-8H2,2-4H3/t10-,11+,12+,13-,14-,15-/m0/s1. The fourth-order valence-corrected chi connectivity index (χ4v) is 5.35. The molecular formula is C15H24. The molecule has 0 amide bonds. The van der Waals surface area contributed by atoms with E-state index in [0.29, 0.717) is 5.41 Å². The molecule has 0 aromatic rings. The van der Waals surface area contributed by atoms with Crippen LogP contribution in [0.1, 0.15) is 46.5 Å². The summed E-state index contributed by atoms with van der Waals surface area (Å²) in [5, 5.41) is 0. The number of hydrogen-bond acceptors (Lipinski definition) is 0. The molecule has 3 aliphatic carbocycles. The highest BCUT2D eigenvalue weighted by atomic mass is 14.7. The van der Waals surface area contributed by atoms with Crippen molar-refractivity contribution in [2.45, 2.75) is 46.5 Å². The summed E-state index contributed by atoms with van der Waals surface area (Å²) < 4.78 is 0. The average Bonchev–Trinajstić information content (AvgIpc) is 2.59. The lowest BCUT2D eigenvalue weighted by Crippen LogP contribution is -2.39. The summed E-state index contributed by atoms with van der Waals surface area (Å²) in [4.78, 5) is 0. The number of allylic oxidation sites excluding steroid dienone is 1. The van der Waals surface area contributed by atoms with E-state index in [1.165, 1.54) is 31.3 Å². The van der Waals surface area contributed by atoms with Crippen LogP contribution in [-0.4, -0.2) is 0 Å². The van der Waals surface area contributed by atoms with Crippen LogP contribution in [0, 0.1) is 35.0 Å². The van der Waals surface area contributed by atoms with Crippen LogP contribution in [0.2, 0.25) is 0 Å². The normalized spacial score (nSPS) is 57.1. The molecule has 0 unspecified atom stereocenters. The van der Waals surface area contributed by atoms with Gasteiger partial charge in [-0.25, -0.2) is 0 Å². The van der Waals surface area contributed by atoms with E-state index in [4.69, 9.17) is 0 Å². The highest BCUT2D eigenvalue weighted by Gasteiger charge is 2.64. The first-order chi connectivity index (χ1) is 7.05. The molecule has 0 bridgehead atoms. The van der Waals surface area contributed by atoms with Crippen molar-refractivity contribution < 1.29 is 0 Å². The topological polar surface area (TPSA) is 0 Å². The molecule has 15 heavy (non-hydrogen) atoms. The smallest absolute Gasteiger partial charge is 0.0141 e. The van der Waals surface area contributed by atoms with Crippen LogP contribution in [0.4, 0.5) is 0 Å². The average molecular weight is 204 g/mol. The predicted molar refractivity (Wildman–Crippen MR) is 64.5 cm³/mol. The van der Waals surface area contributed by atoms with Gasteiger partial charge in [-0.2, -0.15) is 0 Å². The molecule has 84 valence electrons. The van der Waals surface area contributed by atoms with Gasteiger partial charge in [0.05, 0.1) is 0 Å². The summed E-state index contributed by atoms with van der Waals surface area (Å²) in [5.41, 5.74) is 2.19. The second-order valence-corrected chi connectivity index (χ2v) is 6.76. The summed E-state index contributed by atoms with van der Waals surface area (Å²) in [7, 11) is 0. The zero-order chi connectivity index (χ0) is 10.8. The molecule has 0 nitrogen and oxygen atoms in total. The highest BCUT2D eigenvalue weighted by molar-refractivity contribution is 5.19. The van der Waals surface area contributed by atoms with E-state index in [2.05, 4.69) is 27.4 Å². The molecule has 3 fully saturated rings.